The molecule has 0 saturated carbocycles. The van der Waals surface area contributed by atoms with Crippen molar-refractivity contribution in [1.82, 2.24) is 9.44 Å². The first-order valence-corrected chi connectivity index (χ1v) is 11.6. The fourth-order valence-electron chi connectivity index (χ4n) is 2.93. The van der Waals surface area contributed by atoms with Crippen LogP contribution in [0, 0.1) is 0 Å². The minimum absolute atomic E-state index is 0.0146. The summed E-state index contributed by atoms with van der Waals surface area (Å²) in [7, 11) is -4.41. The van der Waals surface area contributed by atoms with Gasteiger partial charge in [0.1, 0.15) is 19.3 Å². The first-order valence-electron chi connectivity index (χ1n) is 10.2. The highest BCUT2D eigenvalue weighted by Crippen LogP contribution is 2.08. The van der Waals surface area contributed by atoms with E-state index in [1.54, 1.807) is 83.6 Å². The summed E-state index contributed by atoms with van der Waals surface area (Å²) in [6.07, 6.45) is -1.13. The highest BCUT2D eigenvalue weighted by molar-refractivity contribution is 7.88. The van der Waals surface area contributed by atoms with Crippen molar-refractivity contribution < 1.29 is 27.5 Å². The average Bonchev–Trinajstić information content (AvgIpc) is 2.82. The third-order valence-corrected chi connectivity index (χ3v) is 5.55. The molecule has 2 N–H and O–H groups in total. The molecule has 8 nitrogen and oxygen atoms in total. The highest BCUT2D eigenvalue weighted by Gasteiger charge is 2.28. The Morgan fingerprint density at radius 1 is 0.697 bits per heavy atom. The van der Waals surface area contributed by atoms with Crippen molar-refractivity contribution in [3.05, 3.63) is 108 Å². The second kappa shape index (κ2) is 11.8. The van der Waals surface area contributed by atoms with Crippen LogP contribution in [0.3, 0.4) is 0 Å². The molecule has 0 spiro atoms. The second-order valence-electron chi connectivity index (χ2n) is 7.12. The fourth-order valence-corrected chi connectivity index (χ4v) is 3.82. The molecule has 9 heteroatoms. The van der Waals surface area contributed by atoms with Gasteiger partial charge in [-0.1, -0.05) is 91.0 Å². The summed E-state index contributed by atoms with van der Waals surface area (Å²) in [4.78, 5) is 24.7. The van der Waals surface area contributed by atoms with Crippen molar-refractivity contribution in [2.75, 3.05) is 0 Å². The Hall–Kier alpha value is -3.69. The van der Waals surface area contributed by atoms with Crippen molar-refractivity contribution in [3.8, 4) is 0 Å². The van der Waals surface area contributed by atoms with Gasteiger partial charge in [-0.3, -0.25) is 4.79 Å². The lowest BCUT2D eigenvalue weighted by atomic mass is 10.1. The van der Waals surface area contributed by atoms with Crippen molar-refractivity contribution in [2.45, 2.75) is 25.7 Å². The van der Waals surface area contributed by atoms with Crippen molar-refractivity contribution in [2.24, 2.45) is 0 Å². The number of esters is 1. The van der Waals surface area contributed by atoms with Gasteiger partial charge in [0, 0.05) is 0 Å². The van der Waals surface area contributed by atoms with E-state index in [-0.39, 0.29) is 19.6 Å². The van der Waals surface area contributed by atoms with Crippen LogP contribution in [0.15, 0.2) is 91.0 Å². The lowest BCUT2D eigenvalue weighted by molar-refractivity contribution is -0.147. The zero-order valence-electron chi connectivity index (χ0n) is 17.7. The van der Waals surface area contributed by atoms with Crippen LogP contribution in [0.4, 0.5) is 4.79 Å². The Bertz CT molecular complexity index is 1140. The predicted octanol–water partition coefficient (Wildman–Crippen LogP) is 3.10. The van der Waals surface area contributed by atoms with E-state index >= 15 is 0 Å². The quantitative estimate of drug-likeness (QED) is 0.443. The van der Waals surface area contributed by atoms with Gasteiger partial charge in [-0.2, -0.15) is 13.1 Å². The third-order valence-electron chi connectivity index (χ3n) is 4.52. The van der Waals surface area contributed by atoms with Crippen LogP contribution in [-0.2, 0) is 44.1 Å². The van der Waals surface area contributed by atoms with Gasteiger partial charge < -0.3 is 9.47 Å². The van der Waals surface area contributed by atoms with Gasteiger partial charge in [-0.15, -0.1) is 0 Å². The lowest BCUT2D eigenvalue weighted by Crippen LogP contribution is -2.49. The summed E-state index contributed by atoms with van der Waals surface area (Å²) in [5, 5.41) is 0. The Morgan fingerprint density at radius 2 is 1.15 bits per heavy atom. The number of rotatable bonds is 10. The number of hydrogen-bond donors (Lipinski definition) is 2. The van der Waals surface area contributed by atoms with E-state index in [0.29, 0.717) is 11.1 Å². The van der Waals surface area contributed by atoms with E-state index in [0.717, 1.165) is 5.56 Å². The monoisotopic (exact) mass is 468 g/mol. The molecule has 3 aromatic carbocycles. The molecule has 172 valence electrons. The van der Waals surface area contributed by atoms with Gasteiger partial charge in [0.05, 0.1) is 0 Å². The zero-order valence-corrected chi connectivity index (χ0v) is 18.5. The Kier molecular flexibility index (Phi) is 8.56. The number of hydrogen-bond acceptors (Lipinski definition) is 6. The number of nitrogens with one attached hydrogen (secondary N) is 2. The van der Waals surface area contributed by atoms with Crippen LogP contribution >= 0.6 is 0 Å². The molecule has 0 radical (unpaired) electrons. The summed E-state index contributed by atoms with van der Waals surface area (Å²) in [5.41, 5.74) is 2.17. The van der Waals surface area contributed by atoms with Crippen molar-refractivity contribution >= 4 is 22.3 Å². The van der Waals surface area contributed by atoms with Crippen LogP contribution in [0.2, 0.25) is 0 Å². The number of amides is 1. The van der Waals surface area contributed by atoms with Crippen LogP contribution in [0.25, 0.3) is 0 Å². The molecule has 0 aliphatic heterocycles. The summed E-state index contributed by atoms with van der Waals surface area (Å²) in [6.45, 7) is -0.117. The molecular weight excluding hydrogens is 444 g/mol. The zero-order chi connectivity index (χ0) is 23.5. The molecule has 0 aromatic heterocycles. The fraction of sp³-hybridized carbons (Fsp3) is 0.167. The lowest BCUT2D eigenvalue weighted by Gasteiger charge is -2.18. The SMILES string of the molecule is O=C(NS(=O)(=O)N[C@H](Cc1ccccc1)C(=O)OCc1ccccc1)OCc1ccccc1. The minimum Gasteiger partial charge on any atom is -0.460 e. The molecule has 0 aliphatic rings. The van der Waals surface area contributed by atoms with Gasteiger partial charge in [0.2, 0.25) is 0 Å². The first-order chi connectivity index (χ1) is 15.9. The second-order valence-corrected chi connectivity index (χ2v) is 8.57. The van der Waals surface area contributed by atoms with E-state index in [1.165, 1.54) is 0 Å². The normalized spacial score (nSPS) is 11.9. The Balaban J connectivity index is 1.62. The predicted molar refractivity (Wildman–Crippen MR) is 122 cm³/mol. The number of carbonyl (C=O) groups excluding carboxylic acids is 2. The molecule has 1 atom stereocenters. The van der Waals surface area contributed by atoms with Crippen LogP contribution in [-0.4, -0.2) is 26.5 Å². The third kappa shape index (κ3) is 8.40. The van der Waals surface area contributed by atoms with E-state index in [1.807, 2.05) is 12.1 Å². The topological polar surface area (TPSA) is 111 Å². The largest absolute Gasteiger partial charge is 0.460 e. The van der Waals surface area contributed by atoms with Crippen molar-refractivity contribution in [3.63, 3.8) is 0 Å². The van der Waals surface area contributed by atoms with E-state index in [9.17, 15) is 18.0 Å². The summed E-state index contributed by atoms with van der Waals surface area (Å²) in [6, 6.07) is 25.4. The Morgan fingerprint density at radius 3 is 1.67 bits per heavy atom. The van der Waals surface area contributed by atoms with E-state index < -0.39 is 28.3 Å². The molecule has 0 unspecified atom stereocenters. The molecule has 0 bridgehead atoms. The minimum atomic E-state index is -4.41. The summed E-state index contributed by atoms with van der Waals surface area (Å²) < 4.78 is 39.2. The highest BCUT2D eigenvalue weighted by atomic mass is 32.2. The molecule has 3 rings (SSSR count). The molecule has 0 fully saturated rings. The molecule has 0 saturated heterocycles. The van der Waals surface area contributed by atoms with Crippen LogP contribution in [0.1, 0.15) is 16.7 Å². The Labute approximate surface area is 192 Å². The maximum Gasteiger partial charge on any atom is 0.422 e. The van der Waals surface area contributed by atoms with Gasteiger partial charge >= 0.3 is 22.3 Å². The molecular formula is C24H24N2O6S. The molecule has 3 aromatic rings. The molecule has 0 heterocycles. The first kappa shape index (κ1) is 24.0. The van der Waals surface area contributed by atoms with Gasteiger partial charge in [-0.25, -0.2) is 9.52 Å². The molecule has 33 heavy (non-hydrogen) atoms. The maximum atomic E-state index is 12.7. The average molecular weight is 469 g/mol. The smallest absolute Gasteiger partial charge is 0.422 e. The van der Waals surface area contributed by atoms with Crippen LogP contribution in [0.5, 0.6) is 0 Å². The number of ether oxygens (including phenoxy) is 2. The van der Waals surface area contributed by atoms with E-state index in [4.69, 9.17) is 9.47 Å². The van der Waals surface area contributed by atoms with Gasteiger partial charge in [0.25, 0.3) is 0 Å². The molecule has 0 aliphatic carbocycles. The maximum absolute atomic E-state index is 12.7. The van der Waals surface area contributed by atoms with Gasteiger partial charge in [-0.05, 0) is 23.1 Å². The van der Waals surface area contributed by atoms with Crippen LogP contribution < -0.4 is 9.44 Å². The molecule has 1 amide bonds. The summed E-state index contributed by atoms with van der Waals surface area (Å²) >= 11 is 0. The van der Waals surface area contributed by atoms with E-state index in [2.05, 4.69) is 4.72 Å². The number of carbonyl (C=O) groups is 2. The van der Waals surface area contributed by atoms with Gasteiger partial charge in [0.15, 0.2) is 0 Å². The summed E-state index contributed by atoms with van der Waals surface area (Å²) in [5.74, 6) is -0.772. The number of benzene rings is 3. The standard InChI is InChI=1S/C24H24N2O6S/c27-23(31-17-20-12-6-2-7-13-20)22(16-19-10-4-1-5-11-19)25-33(29,30)26-24(28)32-18-21-14-8-3-9-15-21/h1-15,22,25H,16-18H2,(H,26,28)/t22-/m1/s1. The van der Waals surface area contributed by atoms with Crippen molar-refractivity contribution in [1.29, 1.82) is 0 Å².